The van der Waals surface area contributed by atoms with Gasteiger partial charge in [-0.1, -0.05) is 6.07 Å². The molecule has 0 aromatic heterocycles. The molecule has 8 heteroatoms. The number of benzene rings is 1. The topological polar surface area (TPSA) is 117 Å². The zero-order valence-corrected chi connectivity index (χ0v) is 18.0. The molecule has 3 aliphatic carbocycles. The van der Waals surface area contributed by atoms with E-state index in [-0.39, 0.29) is 30.7 Å². The predicted molar refractivity (Wildman–Crippen MR) is 114 cm³/mol. The van der Waals surface area contributed by atoms with Crippen LogP contribution in [-0.2, 0) is 16.6 Å². The Morgan fingerprint density at radius 3 is 2.78 bits per heavy atom. The zero-order valence-electron chi connectivity index (χ0n) is 18.0. The maximum absolute atomic E-state index is 13.2. The molecule has 1 spiro atoms. The van der Waals surface area contributed by atoms with Crippen molar-refractivity contribution in [1.82, 2.24) is 15.1 Å². The van der Waals surface area contributed by atoms with E-state index >= 15 is 0 Å². The lowest BCUT2D eigenvalue weighted by Crippen LogP contribution is -2.76. The highest BCUT2D eigenvalue weighted by atomic mass is 16.3. The number of fused-ring (bicyclic) bond motifs is 1. The van der Waals surface area contributed by atoms with Gasteiger partial charge in [-0.25, -0.2) is 4.79 Å². The molecule has 2 aliphatic heterocycles. The molecule has 6 rings (SSSR count). The van der Waals surface area contributed by atoms with Crippen molar-refractivity contribution in [3.05, 3.63) is 29.3 Å². The van der Waals surface area contributed by atoms with Gasteiger partial charge >= 0.3 is 6.03 Å². The number of nitriles is 1. The van der Waals surface area contributed by atoms with Gasteiger partial charge in [-0.2, -0.15) is 5.26 Å². The summed E-state index contributed by atoms with van der Waals surface area (Å²) in [6.07, 6.45) is 4.80. The largest absolute Gasteiger partial charge is 0.508 e. The van der Waals surface area contributed by atoms with Crippen molar-refractivity contribution in [3.8, 4) is 11.8 Å². The Hall–Kier alpha value is -2.63. The van der Waals surface area contributed by atoms with Gasteiger partial charge in [-0.3, -0.25) is 19.9 Å². The molecular formula is C24H28N4O4. The molecule has 2 heterocycles. The van der Waals surface area contributed by atoms with Gasteiger partial charge in [0.2, 0.25) is 0 Å². The lowest BCUT2D eigenvalue weighted by molar-refractivity contribution is -0.187. The number of amides is 3. The second-order valence-corrected chi connectivity index (χ2v) is 10.5. The van der Waals surface area contributed by atoms with E-state index in [0.29, 0.717) is 31.6 Å². The number of rotatable bonds is 3. The van der Waals surface area contributed by atoms with Gasteiger partial charge in [-0.15, -0.1) is 0 Å². The summed E-state index contributed by atoms with van der Waals surface area (Å²) >= 11 is 0. The number of hydrogen-bond donors (Lipinski definition) is 3. The normalized spacial score (nSPS) is 38.2. The number of phenols is 1. The van der Waals surface area contributed by atoms with Crippen molar-refractivity contribution in [2.45, 2.75) is 67.5 Å². The number of imide groups is 1. The third-order valence-corrected chi connectivity index (χ3v) is 9.01. The lowest BCUT2D eigenvalue weighted by atomic mass is 9.46. The van der Waals surface area contributed by atoms with Gasteiger partial charge in [0.05, 0.1) is 11.7 Å². The standard InChI is InChI=1S/C24H28N4O4/c25-8-10-28-21(31)26-20(30)23(28)5-6-24(32)19-11-16-3-4-17(29)12-18(16)22(24,14-23)7-9-27(19)13-15-1-2-15/h3-4,12,15,19,29,32H,1-2,5-7,9-11,13-14H2,(H,26,30,31). The van der Waals surface area contributed by atoms with Gasteiger partial charge in [0.25, 0.3) is 5.91 Å². The van der Waals surface area contributed by atoms with Crippen LogP contribution in [-0.4, -0.2) is 68.8 Å². The molecule has 3 N–H and O–H groups in total. The maximum Gasteiger partial charge on any atom is 0.325 e. The molecule has 4 unspecified atom stereocenters. The number of aliphatic hydroxyl groups is 1. The van der Waals surface area contributed by atoms with Crippen LogP contribution >= 0.6 is 0 Å². The van der Waals surface area contributed by atoms with Gasteiger partial charge in [0.15, 0.2) is 0 Å². The van der Waals surface area contributed by atoms with E-state index in [9.17, 15) is 25.1 Å². The fourth-order valence-electron chi connectivity index (χ4n) is 7.28. The summed E-state index contributed by atoms with van der Waals surface area (Å²) < 4.78 is 0. The Kier molecular flexibility index (Phi) is 4.04. The molecule has 2 bridgehead atoms. The molecule has 2 saturated heterocycles. The first-order valence-corrected chi connectivity index (χ1v) is 11.6. The highest BCUT2D eigenvalue weighted by Gasteiger charge is 2.71. The quantitative estimate of drug-likeness (QED) is 0.487. The van der Waals surface area contributed by atoms with Crippen molar-refractivity contribution in [1.29, 1.82) is 5.26 Å². The number of likely N-dealkylation sites (tertiary alicyclic amines) is 1. The van der Waals surface area contributed by atoms with Crippen LogP contribution in [0.3, 0.4) is 0 Å². The molecule has 8 nitrogen and oxygen atoms in total. The highest BCUT2D eigenvalue weighted by Crippen LogP contribution is 2.62. The molecule has 0 radical (unpaired) electrons. The number of hydrogen-bond acceptors (Lipinski definition) is 6. The summed E-state index contributed by atoms with van der Waals surface area (Å²) in [5.74, 6) is 0.463. The third kappa shape index (κ3) is 2.44. The van der Waals surface area contributed by atoms with Crippen molar-refractivity contribution in [3.63, 3.8) is 0 Å². The molecular weight excluding hydrogens is 408 g/mol. The summed E-state index contributed by atoms with van der Waals surface area (Å²) in [6.45, 7) is 1.62. The number of carbonyl (C=O) groups excluding carboxylic acids is 2. The molecule has 4 atom stereocenters. The number of nitrogens with one attached hydrogen (secondary N) is 1. The molecule has 168 valence electrons. The SMILES string of the molecule is N#CCN1C(=O)NC(=O)C12CCC1(O)C3Cc4ccc(O)cc4C1(CCN3CC1CC1)C2. The summed E-state index contributed by atoms with van der Waals surface area (Å²) in [5, 5.41) is 34.5. The fourth-order valence-corrected chi connectivity index (χ4v) is 7.28. The number of piperidine rings is 1. The van der Waals surface area contributed by atoms with E-state index in [2.05, 4.69) is 10.2 Å². The molecule has 3 amide bonds. The number of carbonyl (C=O) groups is 2. The number of urea groups is 1. The zero-order chi connectivity index (χ0) is 22.3. The van der Waals surface area contributed by atoms with Crippen LogP contribution in [0.1, 0.15) is 49.7 Å². The first-order chi connectivity index (χ1) is 15.3. The second kappa shape index (κ2) is 6.46. The van der Waals surface area contributed by atoms with E-state index in [1.807, 2.05) is 12.1 Å². The van der Waals surface area contributed by atoms with Gasteiger partial charge in [0.1, 0.15) is 17.8 Å². The Bertz CT molecular complexity index is 1060. The van der Waals surface area contributed by atoms with Gasteiger partial charge < -0.3 is 10.2 Å². The summed E-state index contributed by atoms with van der Waals surface area (Å²) in [4.78, 5) is 29.5. The number of phenolic OH excluding ortho intramolecular Hbond substituents is 1. The first kappa shape index (κ1) is 20.0. The maximum atomic E-state index is 13.2. The summed E-state index contributed by atoms with van der Waals surface area (Å²) in [6, 6.07) is 6.81. The van der Waals surface area contributed by atoms with Crippen LogP contribution < -0.4 is 5.32 Å². The van der Waals surface area contributed by atoms with E-state index < -0.39 is 22.6 Å². The molecule has 1 aromatic carbocycles. The average molecular weight is 437 g/mol. The van der Waals surface area contributed by atoms with Crippen LogP contribution in [0, 0.1) is 17.2 Å². The molecule has 2 saturated carbocycles. The average Bonchev–Trinajstić information content (AvgIpc) is 3.54. The Morgan fingerprint density at radius 1 is 1.22 bits per heavy atom. The smallest absolute Gasteiger partial charge is 0.325 e. The molecule has 1 aromatic rings. The number of nitrogens with zero attached hydrogens (tertiary/aromatic N) is 3. The minimum Gasteiger partial charge on any atom is -0.508 e. The van der Waals surface area contributed by atoms with Crippen LogP contribution in [0.4, 0.5) is 4.79 Å². The van der Waals surface area contributed by atoms with E-state index in [1.54, 1.807) is 12.1 Å². The van der Waals surface area contributed by atoms with Crippen molar-refractivity contribution in [2.24, 2.45) is 5.92 Å². The van der Waals surface area contributed by atoms with Crippen molar-refractivity contribution < 1.29 is 19.8 Å². The monoisotopic (exact) mass is 436 g/mol. The predicted octanol–water partition coefficient (Wildman–Crippen LogP) is 1.40. The first-order valence-electron chi connectivity index (χ1n) is 11.6. The van der Waals surface area contributed by atoms with Crippen molar-refractivity contribution >= 4 is 11.9 Å². The third-order valence-electron chi connectivity index (χ3n) is 9.01. The Labute approximate surface area is 186 Å². The number of aromatic hydroxyl groups is 1. The minimum absolute atomic E-state index is 0.0594. The minimum atomic E-state index is -1.15. The summed E-state index contributed by atoms with van der Waals surface area (Å²) in [5.41, 5.74) is -0.992. The summed E-state index contributed by atoms with van der Waals surface area (Å²) in [7, 11) is 0. The Morgan fingerprint density at radius 2 is 2.03 bits per heavy atom. The van der Waals surface area contributed by atoms with Gasteiger partial charge in [-0.05, 0) is 80.7 Å². The molecule has 4 fully saturated rings. The van der Waals surface area contributed by atoms with Crippen LogP contribution in [0.5, 0.6) is 5.75 Å². The second-order valence-electron chi connectivity index (χ2n) is 10.5. The van der Waals surface area contributed by atoms with Crippen LogP contribution in [0.2, 0.25) is 0 Å². The van der Waals surface area contributed by atoms with E-state index in [1.165, 1.54) is 17.7 Å². The van der Waals surface area contributed by atoms with E-state index in [0.717, 1.165) is 24.2 Å². The van der Waals surface area contributed by atoms with Crippen LogP contribution in [0.25, 0.3) is 0 Å². The van der Waals surface area contributed by atoms with Crippen molar-refractivity contribution in [2.75, 3.05) is 19.6 Å². The van der Waals surface area contributed by atoms with Crippen LogP contribution in [0.15, 0.2) is 18.2 Å². The van der Waals surface area contributed by atoms with Gasteiger partial charge in [0, 0.05) is 18.0 Å². The van der Waals surface area contributed by atoms with E-state index in [4.69, 9.17) is 0 Å². The lowest BCUT2D eigenvalue weighted by Gasteiger charge is -2.66. The molecule has 32 heavy (non-hydrogen) atoms. The Balaban J connectivity index is 1.50. The fraction of sp³-hybridized carbons (Fsp3) is 0.625. The highest BCUT2D eigenvalue weighted by molar-refractivity contribution is 6.07. The molecule has 5 aliphatic rings.